The normalized spacial score (nSPS) is 9.80. The molecule has 1 N–H and O–H groups in total. The number of aromatic nitrogens is 1. The molecule has 0 aliphatic heterocycles. The minimum Gasteiger partial charge on any atom is -0.358 e. The van der Waals surface area contributed by atoms with E-state index in [1.807, 2.05) is 13.0 Å². The molecule has 0 aromatic carbocycles. The number of hydrogen-bond acceptors (Lipinski definition) is 1. The lowest BCUT2D eigenvalue weighted by Crippen LogP contribution is -1.98. The van der Waals surface area contributed by atoms with E-state index >= 15 is 0 Å². The molecular formula is C7H8INO. The molecule has 1 aromatic heterocycles. The van der Waals surface area contributed by atoms with Crippen molar-refractivity contribution in [1.29, 1.82) is 0 Å². The van der Waals surface area contributed by atoms with Crippen LogP contribution in [0.4, 0.5) is 0 Å². The van der Waals surface area contributed by atoms with Crippen LogP contribution in [0.25, 0.3) is 0 Å². The number of carbonyl (C=O) groups is 1. The van der Waals surface area contributed by atoms with E-state index < -0.39 is 0 Å². The first-order valence-corrected chi connectivity index (χ1v) is 4.19. The van der Waals surface area contributed by atoms with Crippen molar-refractivity contribution in [2.75, 3.05) is 0 Å². The fourth-order valence-electron chi connectivity index (χ4n) is 0.741. The van der Waals surface area contributed by atoms with Gasteiger partial charge in [-0.2, -0.15) is 0 Å². The van der Waals surface area contributed by atoms with Crippen molar-refractivity contribution in [2.24, 2.45) is 0 Å². The minimum absolute atomic E-state index is 0.175. The van der Waals surface area contributed by atoms with Crippen LogP contribution >= 0.6 is 22.6 Å². The van der Waals surface area contributed by atoms with Crippen molar-refractivity contribution in [3.05, 3.63) is 21.5 Å². The van der Waals surface area contributed by atoms with E-state index in [0.717, 1.165) is 9.26 Å². The Morgan fingerprint density at radius 3 is 2.90 bits per heavy atom. The molecule has 0 saturated heterocycles. The molecule has 1 heterocycles. The maximum atomic E-state index is 11.1. The number of H-pyrrole nitrogens is 1. The van der Waals surface area contributed by atoms with Crippen LogP contribution in [-0.4, -0.2) is 10.8 Å². The van der Waals surface area contributed by atoms with Crippen LogP contribution in [0.5, 0.6) is 0 Å². The number of aromatic amines is 1. The van der Waals surface area contributed by atoms with Gasteiger partial charge in [0.05, 0.1) is 5.69 Å². The molecule has 0 aliphatic carbocycles. The quantitative estimate of drug-likeness (QED) is 0.632. The molecule has 0 aliphatic rings. The van der Waals surface area contributed by atoms with Crippen molar-refractivity contribution in [3.63, 3.8) is 0 Å². The largest absolute Gasteiger partial charge is 0.358 e. The first-order valence-electron chi connectivity index (χ1n) is 3.11. The Labute approximate surface area is 73.2 Å². The van der Waals surface area contributed by atoms with Gasteiger partial charge in [0.15, 0.2) is 5.78 Å². The van der Waals surface area contributed by atoms with Gasteiger partial charge in [-0.05, 0) is 28.7 Å². The number of nitrogens with one attached hydrogen (secondary N) is 1. The van der Waals surface area contributed by atoms with E-state index in [2.05, 4.69) is 27.6 Å². The van der Waals surface area contributed by atoms with Gasteiger partial charge in [-0.25, -0.2) is 0 Å². The standard InChI is InChI=1S/C7H8INO/c1-2-6(10)7-5(8)3-4-9-7/h3-4,9H,2H2,1H3. The lowest BCUT2D eigenvalue weighted by molar-refractivity contribution is 0.0983. The van der Waals surface area contributed by atoms with E-state index in [1.165, 1.54) is 0 Å². The maximum absolute atomic E-state index is 11.1. The predicted molar refractivity (Wildman–Crippen MR) is 48.1 cm³/mol. The van der Waals surface area contributed by atoms with Crippen LogP contribution in [0, 0.1) is 3.57 Å². The Morgan fingerprint density at radius 2 is 2.50 bits per heavy atom. The Morgan fingerprint density at radius 1 is 1.80 bits per heavy atom. The van der Waals surface area contributed by atoms with Crippen LogP contribution in [0.15, 0.2) is 12.3 Å². The monoisotopic (exact) mass is 249 g/mol. The highest BCUT2D eigenvalue weighted by molar-refractivity contribution is 14.1. The van der Waals surface area contributed by atoms with Gasteiger partial charge in [-0.15, -0.1) is 0 Å². The zero-order chi connectivity index (χ0) is 7.56. The molecule has 2 nitrogen and oxygen atoms in total. The van der Waals surface area contributed by atoms with Gasteiger partial charge in [-0.1, -0.05) is 6.92 Å². The lowest BCUT2D eigenvalue weighted by atomic mass is 10.2. The highest BCUT2D eigenvalue weighted by Crippen LogP contribution is 2.11. The van der Waals surface area contributed by atoms with Crippen LogP contribution < -0.4 is 0 Å². The van der Waals surface area contributed by atoms with Gasteiger partial charge in [0.1, 0.15) is 0 Å². The van der Waals surface area contributed by atoms with E-state index in [4.69, 9.17) is 0 Å². The fourth-order valence-corrected chi connectivity index (χ4v) is 1.38. The van der Waals surface area contributed by atoms with Crippen LogP contribution in [0.1, 0.15) is 23.8 Å². The second kappa shape index (κ2) is 3.18. The molecule has 1 aromatic rings. The van der Waals surface area contributed by atoms with E-state index in [-0.39, 0.29) is 5.78 Å². The van der Waals surface area contributed by atoms with Crippen LogP contribution in [0.3, 0.4) is 0 Å². The summed E-state index contributed by atoms with van der Waals surface area (Å²) in [4.78, 5) is 14.0. The third-order valence-electron chi connectivity index (χ3n) is 1.30. The summed E-state index contributed by atoms with van der Waals surface area (Å²) in [5, 5.41) is 0. The van der Waals surface area contributed by atoms with Gasteiger partial charge in [0, 0.05) is 16.2 Å². The second-order valence-corrected chi connectivity index (χ2v) is 3.14. The molecule has 0 fully saturated rings. The summed E-state index contributed by atoms with van der Waals surface area (Å²) < 4.78 is 1.00. The van der Waals surface area contributed by atoms with E-state index in [1.54, 1.807) is 6.20 Å². The van der Waals surface area contributed by atoms with Gasteiger partial charge < -0.3 is 4.98 Å². The molecule has 0 radical (unpaired) electrons. The van der Waals surface area contributed by atoms with E-state index in [0.29, 0.717) is 6.42 Å². The molecule has 0 spiro atoms. The highest BCUT2D eigenvalue weighted by atomic mass is 127. The third kappa shape index (κ3) is 1.39. The Hall–Kier alpha value is -0.320. The number of ketones is 1. The molecule has 0 atom stereocenters. The second-order valence-electron chi connectivity index (χ2n) is 1.98. The average molecular weight is 249 g/mol. The summed E-state index contributed by atoms with van der Waals surface area (Å²) >= 11 is 2.14. The SMILES string of the molecule is CCC(=O)c1[nH]ccc1I. The molecule has 1 rings (SSSR count). The first-order chi connectivity index (χ1) is 4.75. The number of halogens is 1. The molecular weight excluding hydrogens is 241 g/mol. The lowest BCUT2D eigenvalue weighted by Gasteiger charge is -1.92. The molecule has 10 heavy (non-hydrogen) atoms. The Bertz CT molecular complexity index is 242. The summed E-state index contributed by atoms with van der Waals surface area (Å²) in [6.45, 7) is 1.86. The molecule has 3 heteroatoms. The topological polar surface area (TPSA) is 32.9 Å². The highest BCUT2D eigenvalue weighted by Gasteiger charge is 2.06. The summed E-state index contributed by atoms with van der Waals surface area (Å²) in [6.07, 6.45) is 2.35. The van der Waals surface area contributed by atoms with E-state index in [9.17, 15) is 4.79 Å². The molecule has 0 bridgehead atoms. The smallest absolute Gasteiger partial charge is 0.179 e. The Balaban J connectivity index is 2.93. The number of rotatable bonds is 2. The summed E-state index contributed by atoms with van der Waals surface area (Å²) in [5.74, 6) is 0.175. The van der Waals surface area contributed by atoms with Crippen LogP contribution in [-0.2, 0) is 0 Å². The zero-order valence-corrected chi connectivity index (χ0v) is 7.81. The molecule has 0 saturated carbocycles. The molecule has 0 amide bonds. The zero-order valence-electron chi connectivity index (χ0n) is 5.65. The summed E-state index contributed by atoms with van der Waals surface area (Å²) in [6, 6.07) is 1.89. The number of carbonyl (C=O) groups excluding carboxylic acids is 1. The van der Waals surface area contributed by atoms with Crippen molar-refractivity contribution in [1.82, 2.24) is 4.98 Å². The fraction of sp³-hybridized carbons (Fsp3) is 0.286. The molecule has 0 unspecified atom stereocenters. The van der Waals surface area contributed by atoms with Gasteiger partial charge in [-0.3, -0.25) is 4.79 Å². The third-order valence-corrected chi connectivity index (χ3v) is 2.20. The first kappa shape index (κ1) is 7.78. The number of Topliss-reactive ketones (excluding diaryl/α,β-unsaturated/α-hetero) is 1. The minimum atomic E-state index is 0.175. The van der Waals surface area contributed by atoms with Gasteiger partial charge in [0.2, 0.25) is 0 Å². The van der Waals surface area contributed by atoms with Crippen molar-refractivity contribution in [2.45, 2.75) is 13.3 Å². The van der Waals surface area contributed by atoms with Gasteiger partial charge >= 0.3 is 0 Å². The van der Waals surface area contributed by atoms with Gasteiger partial charge in [0.25, 0.3) is 0 Å². The van der Waals surface area contributed by atoms with Crippen molar-refractivity contribution < 1.29 is 4.79 Å². The average Bonchev–Trinajstić information content (AvgIpc) is 2.34. The molecule has 54 valence electrons. The Kier molecular flexibility index (Phi) is 2.48. The summed E-state index contributed by atoms with van der Waals surface area (Å²) in [5.41, 5.74) is 0.739. The summed E-state index contributed by atoms with van der Waals surface area (Å²) in [7, 11) is 0. The maximum Gasteiger partial charge on any atom is 0.179 e. The van der Waals surface area contributed by atoms with Crippen LogP contribution in [0.2, 0.25) is 0 Å². The predicted octanol–water partition coefficient (Wildman–Crippen LogP) is 2.21. The number of hydrogen-bond donors (Lipinski definition) is 1. The van der Waals surface area contributed by atoms with Crippen molar-refractivity contribution >= 4 is 28.4 Å². The van der Waals surface area contributed by atoms with Crippen molar-refractivity contribution in [3.8, 4) is 0 Å².